The number of aromatic nitrogens is 3. The smallest absolute Gasteiger partial charge is 0.220 e. The minimum Gasteiger partial charge on any atom is -0.384 e. The Labute approximate surface area is 94.8 Å². The minimum atomic E-state index is 0.0454. The van der Waals surface area contributed by atoms with Gasteiger partial charge >= 0.3 is 0 Å². The van der Waals surface area contributed by atoms with E-state index in [0.29, 0.717) is 26.0 Å². The molecule has 1 aromatic heterocycles. The molecule has 1 amide bonds. The highest BCUT2D eigenvalue weighted by Gasteiger charge is 2.08. The lowest BCUT2D eigenvalue weighted by atomic mass is 10.1. The number of aromatic amines is 1. The van der Waals surface area contributed by atoms with Gasteiger partial charge in [0.15, 0.2) is 0 Å². The summed E-state index contributed by atoms with van der Waals surface area (Å²) in [6.45, 7) is 3.17. The number of nitrogens with zero attached hydrogens (tertiary/aromatic N) is 2. The van der Waals surface area contributed by atoms with Gasteiger partial charge in [0, 0.05) is 33.1 Å². The number of rotatable bonds is 7. The van der Waals surface area contributed by atoms with Gasteiger partial charge in [0.25, 0.3) is 0 Å². The van der Waals surface area contributed by atoms with E-state index in [9.17, 15) is 4.79 Å². The second kappa shape index (κ2) is 6.95. The molecular weight excluding hydrogens is 208 g/mol. The fraction of sp³-hybridized carbons (Fsp3) is 0.700. The molecule has 6 heteroatoms. The lowest BCUT2D eigenvalue weighted by molar-refractivity contribution is -0.122. The van der Waals surface area contributed by atoms with Gasteiger partial charge in [-0.2, -0.15) is 5.10 Å². The summed E-state index contributed by atoms with van der Waals surface area (Å²) < 4.78 is 4.96. The molecule has 1 rings (SSSR count). The normalized spacial score (nSPS) is 12.4. The Morgan fingerprint density at radius 3 is 3.12 bits per heavy atom. The van der Waals surface area contributed by atoms with E-state index in [1.54, 1.807) is 7.11 Å². The van der Waals surface area contributed by atoms with Crippen molar-refractivity contribution in [3.05, 3.63) is 12.2 Å². The first-order chi connectivity index (χ1) is 7.72. The topological polar surface area (TPSA) is 79.9 Å². The SMILES string of the molecule is COCC(C)CC(=O)NCCc1ncn[nH]1. The average molecular weight is 226 g/mol. The van der Waals surface area contributed by atoms with E-state index in [-0.39, 0.29) is 11.8 Å². The average Bonchev–Trinajstić information content (AvgIpc) is 2.70. The third kappa shape index (κ3) is 4.88. The summed E-state index contributed by atoms with van der Waals surface area (Å²) in [6, 6.07) is 0. The van der Waals surface area contributed by atoms with Gasteiger partial charge in [-0.15, -0.1) is 0 Å². The number of carbonyl (C=O) groups is 1. The number of hydrogen-bond donors (Lipinski definition) is 2. The second-order valence-electron chi connectivity index (χ2n) is 3.80. The summed E-state index contributed by atoms with van der Waals surface area (Å²) in [5.74, 6) is 1.07. The molecular formula is C10H18N4O2. The van der Waals surface area contributed by atoms with Gasteiger partial charge in [0.05, 0.1) is 0 Å². The number of H-pyrrole nitrogens is 1. The minimum absolute atomic E-state index is 0.0454. The molecule has 1 heterocycles. The Hall–Kier alpha value is -1.43. The molecule has 1 aromatic rings. The van der Waals surface area contributed by atoms with E-state index in [1.165, 1.54) is 6.33 Å². The van der Waals surface area contributed by atoms with Crippen molar-refractivity contribution >= 4 is 5.91 Å². The van der Waals surface area contributed by atoms with Gasteiger partial charge in [-0.1, -0.05) is 6.92 Å². The first kappa shape index (κ1) is 12.6. The van der Waals surface area contributed by atoms with Crippen LogP contribution in [-0.2, 0) is 16.0 Å². The monoisotopic (exact) mass is 226 g/mol. The number of nitrogens with one attached hydrogen (secondary N) is 2. The van der Waals surface area contributed by atoms with Crippen LogP contribution in [0, 0.1) is 5.92 Å². The fourth-order valence-corrected chi connectivity index (χ4v) is 1.40. The predicted molar refractivity (Wildman–Crippen MR) is 58.8 cm³/mol. The van der Waals surface area contributed by atoms with Gasteiger partial charge < -0.3 is 10.1 Å². The summed E-state index contributed by atoms with van der Waals surface area (Å²) in [5.41, 5.74) is 0. The van der Waals surface area contributed by atoms with Gasteiger partial charge in [-0.3, -0.25) is 9.89 Å². The Bertz CT molecular complexity index is 300. The summed E-state index contributed by atoms with van der Waals surface area (Å²) in [7, 11) is 1.64. The van der Waals surface area contributed by atoms with Crippen molar-refractivity contribution in [2.75, 3.05) is 20.3 Å². The summed E-state index contributed by atoms with van der Waals surface area (Å²) in [4.78, 5) is 15.4. The second-order valence-corrected chi connectivity index (χ2v) is 3.80. The van der Waals surface area contributed by atoms with E-state index >= 15 is 0 Å². The molecule has 0 aliphatic heterocycles. The van der Waals surface area contributed by atoms with E-state index in [0.717, 1.165) is 5.82 Å². The highest BCUT2D eigenvalue weighted by molar-refractivity contribution is 5.76. The molecule has 0 spiro atoms. The zero-order valence-corrected chi connectivity index (χ0v) is 9.69. The molecule has 2 N–H and O–H groups in total. The van der Waals surface area contributed by atoms with Crippen LogP contribution in [0.3, 0.4) is 0 Å². The van der Waals surface area contributed by atoms with Crippen LogP contribution in [-0.4, -0.2) is 41.3 Å². The summed E-state index contributed by atoms with van der Waals surface area (Å²) >= 11 is 0. The van der Waals surface area contributed by atoms with Crippen LogP contribution in [0.15, 0.2) is 6.33 Å². The van der Waals surface area contributed by atoms with Crippen molar-refractivity contribution in [3.63, 3.8) is 0 Å². The van der Waals surface area contributed by atoms with Crippen molar-refractivity contribution < 1.29 is 9.53 Å². The van der Waals surface area contributed by atoms with Gasteiger partial charge in [-0.05, 0) is 5.92 Å². The molecule has 0 aromatic carbocycles. The van der Waals surface area contributed by atoms with Gasteiger partial charge in [0.1, 0.15) is 12.2 Å². The number of methoxy groups -OCH3 is 1. The van der Waals surface area contributed by atoms with Crippen LogP contribution in [0.25, 0.3) is 0 Å². The molecule has 0 radical (unpaired) electrons. The predicted octanol–water partition coefficient (Wildman–Crippen LogP) is 0.136. The maximum absolute atomic E-state index is 11.4. The molecule has 0 saturated heterocycles. The molecule has 1 atom stereocenters. The first-order valence-corrected chi connectivity index (χ1v) is 5.32. The molecule has 0 fully saturated rings. The molecule has 0 bridgehead atoms. The van der Waals surface area contributed by atoms with E-state index in [1.807, 2.05) is 6.92 Å². The Morgan fingerprint density at radius 2 is 2.50 bits per heavy atom. The van der Waals surface area contributed by atoms with Crippen LogP contribution in [0.1, 0.15) is 19.2 Å². The highest BCUT2D eigenvalue weighted by Crippen LogP contribution is 2.01. The molecule has 90 valence electrons. The first-order valence-electron chi connectivity index (χ1n) is 5.32. The van der Waals surface area contributed by atoms with Crippen molar-refractivity contribution in [2.45, 2.75) is 19.8 Å². The molecule has 16 heavy (non-hydrogen) atoms. The number of ether oxygens (including phenoxy) is 1. The quantitative estimate of drug-likeness (QED) is 0.693. The lowest BCUT2D eigenvalue weighted by Crippen LogP contribution is -2.28. The van der Waals surface area contributed by atoms with Crippen molar-refractivity contribution in [1.29, 1.82) is 0 Å². The maximum atomic E-state index is 11.4. The van der Waals surface area contributed by atoms with E-state index in [2.05, 4.69) is 20.5 Å². The zero-order chi connectivity index (χ0) is 11.8. The highest BCUT2D eigenvalue weighted by atomic mass is 16.5. The largest absolute Gasteiger partial charge is 0.384 e. The summed E-state index contributed by atoms with van der Waals surface area (Å²) in [5, 5.41) is 9.29. The van der Waals surface area contributed by atoms with E-state index < -0.39 is 0 Å². The Balaban J connectivity index is 2.10. The van der Waals surface area contributed by atoms with Crippen LogP contribution in [0.5, 0.6) is 0 Å². The third-order valence-electron chi connectivity index (χ3n) is 2.13. The molecule has 0 aliphatic rings. The fourth-order valence-electron chi connectivity index (χ4n) is 1.40. The molecule has 1 unspecified atom stereocenters. The van der Waals surface area contributed by atoms with Crippen LogP contribution >= 0.6 is 0 Å². The standard InChI is InChI=1S/C10H18N4O2/c1-8(6-16-2)5-10(15)11-4-3-9-12-7-13-14-9/h7-8H,3-6H2,1-2H3,(H,11,15)(H,12,13,14). The van der Waals surface area contributed by atoms with Crippen molar-refractivity contribution in [3.8, 4) is 0 Å². The lowest BCUT2D eigenvalue weighted by Gasteiger charge is -2.09. The van der Waals surface area contributed by atoms with Gasteiger partial charge in [-0.25, -0.2) is 4.98 Å². The number of amides is 1. The number of hydrogen-bond acceptors (Lipinski definition) is 4. The Morgan fingerprint density at radius 1 is 1.69 bits per heavy atom. The van der Waals surface area contributed by atoms with Crippen LogP contribution in [0.4, 0.5) is 0 Å². The van der Waals surface area contributed by atoms with Crippen molar-refractivity contribution in [1.82, 2.24) is 20.5 Å². The maximum Gasteiger partial charge on any atom is 0.220 e. The van der Waals surface area contributed by atoms with Crippen LogP contribution < -0.4 is 5.32 Å². The zero-order valence-electron chi connectivity index (χ0n) is 9.69. The van der Waals surface area contributed by atoms with Crippen LogP contribution in [0.2, 0.25) is 0 Å². The third-order valence-corrected chi connectivity index (χ3v) is 2.13. The Kier molecular flexibility index (Phi) is 5.49. The van der Waals surface area contributed by atoms with Crippen molar-refractivity contribution in [2.24, 2.45) is 5.92 Å². The van der Waals surface area contributed by atoms with E-state index in [4.69, 9.17) is 4.74 Å². The molecule has 0 saturated carbocycles. The summed E-state index contributed by atoms with van der Waals surface area (Å²) in [6.07, 6.45) is 2.62. The molecule has 0 aliphatic carbocycles. The van der Waals surface area contributed by atoms with Gasteiger partial charge in [0.2, 0.25) is 5.91 Å². The molecule has 6 nitrogen and oxygen atoms in total. The number of carbonyl (C=O) groups excluding carboxylic acids is 1.